The molecule has 0 spiro atoms. The van der Waals surface area contributed by atoms with Gasteiger partial charge < -0.3 is 5.32 Å². The van der Waals surface area contributed by atoms with E-state index in [0.29, 0.717) is 0 Å². The highest BCUT2D eigenvalue weighted by molar-refractivity contribution is 9.10. The van der Waals surface area contributed by atoms with E-state index < -0.39 is 11.6 Å². The zero-order valence-corrected chi connectivity index (χ0v) is 14.6. The molecule has 1 fully saturated rings. The van der Waals surface area contributed by atoms with Crippen molar-refractivity contribution in [3.8, 4) is 0 Å². The molecule has 1 saturated heterocycles. The number of benzene rings is 1. The Morgan fingerprint density at radius 1 is 1.29 bits per heavy atom. The lowest BCUT2D eigenvalue weighted by atomic mass is 9.90. The fourth-order valence-corrected chi connectivity index (χ4v) is 3.03. The smallest absolute Gasteiger partial charge is 0.252 e. The van der Waals surface area contributed by atoms with E-state index in [1.165, 1.54) is 0 Å². The molecule has 1 aliphatic rings. The molecule has 1 unspecified atom stereocenters. The van der Waals surface area contributed by atoms with Crippen molar-refractivity contribution >= 4 is 33.4 Å². The van der Waals surface area contributed by atoms with Gasteiger partial charge in [0, 0.05) is 10.2 Å². The van der Waals surface area contributed by atoms with Gasteiger partial charge in [0.15, 0.2) is 0 Å². The van der Waals surface area contributed by atoms with Crippen LogP contribution in [-0.4, -0.2) is 23.4 Å². The Labute approximate surface area is 134 Å². The zero-order valence-electron chi connectivity index (χ0n) is 13.0. The molecule has 0 saturated carbocycles. The number of nitrogens with zero attached hydrogens (tertiary/aromatic N) is 1. The first-order chi connectivity index (χ1) is 9.65. The van der Waals surface area contributed by atoms with Crippen molar-refractivity contribution in [1.82, 2.24) is 5.32 Å². The summed E-state index contributed by atoms with van der Waals surface area (Å²) < 4.78 is 0.891. The molecule has 1 heterocycles. The molecule has 1 N–H and O–H groups in total. The van der Waals surface area contributed by atoms with Crippen LogP contribution in [0.1, 0.15) is 33.3 Å². The molecule has 0 aromatic heterocycles. The van der Waals surface area contributed by atoms with Gasteiger partial charge in [-0.1, -0.05) is 35.8 Å². The molecular weight excluding hydrogens is 332 g/mol. The van der Waals surface area contributed by atoms with Crippen LogP contribution in [0, 0.1) is 12.8 Å². The van der Waals surface area contributed by atoms with Crippen LogP contribution in [0.15, 0.2) is 22.7 Å². The molecule has 4 nitrogen and oxygen atoms in total. The normalized spacial score (nSPS) is 21.7. The lowest BCUT2D eigenvalue weighted by molar-refractivity contribution is -0.138. The highest BCUT2D eigenvalue weighted by Crippen LogP contribution is 2.32. The Morgan fingerprint density at radius 2 is 1.90 bits per heavy atom. The largest absolute Gasteiger partial charge is 0.340 e. The maximum Gasteiger partial charge on any atom is 0.252 e. The first-order valence-corrected chi connectivity index (χ1v) is 7.86. The van der Waals surface area contributed by atoms with Crippen molar-refractivity contribution in [1.29, 1.82) is 0 Å². The van der Waals surface area contributed by atoms with Gasteiger partial charge in [-0.25, -0.2) is 0 Å². The molecule has 0 radical (unpaired) electrons. The standard InChI is InChI=1S/C16H21BrN2O2/c1-9(2)13-14(20)18-16(4,5)15(21)19(13)12-8-11(17)7-6-10(12)3/h6-9,13H,1-5H3,(H,18,20). The number of piperazine rings is 1. The number of halogens is 1. The molecule has 21 heavy (non-hydrogen) atoms. The highest BCUT2D eigenvalue weighted by Gasteiger charge is 2.47. The van der Waals surface area contributed by atoms with Crippen molar-refractivity contribution in [2.45, 2.75) is 46.2 Å². The van der Waals surface area contributed by atoms with Crippen molar-refractivity contribution in [3.05, 3.63) is 28.2 Å². The highest BCUT2D eigenvalue weighted by atomic mass is 79.9. The number of amides is 2. The van der Waals surface area contributed by atoms with E-state index in [1.54, 1.807) is 18.7 Å². The maximum atomic E-state index is 12.9. The maximum absolute atomic E-state index is 12.9. The number of carbonyl (C=O) groups is 2. The molecule has 0 aliphatic carbocycles. The topological polar surface area (TPSA) is 49.4 Å². The number of carbonyl (C=O) groups excluding carboxylic acids is 2. The van der Waals surface area contributed by atoms with Gasteiger partial charge in [-0.2, -0.15) is 0 Å². The number of rotatable bonds is 2. The number of aryl methyl sites for hydroxylation is 1. The minimum absolute atomic E-state index is 0.0310. The predicted molar refractivity (Wildman–Crippen MR) is 87.2 cm³/mol. The summed E-state index contributed by atoms with van der Waals surface area (Å²) in [5.74, 6) is -0.153. The van der Waals surface area contributed by atoms with Crippen molar-refractivity contribution in [3.63, 3.8) is 0 Å². The lowest BCUT2D eigenvalue weighted by Gasteiger charge is -2.44. The van der Waals surface area contributed by atoms with Gasteiger partial charge in [-0.05, 0) is 44.4 Å². The van der Waals surface area contributed by atoms with Crippen molar-refractivity contribution < 1.29 is 9.59 Å². The van der Waals surface area contributed by atoms with Gasteiger partial charge in [-0.3, -0.25) is 14.5 Å². The van der Waals surface area contributed by atoms with Crippen LogP contribution in [0.4, 0.5) is 5.69 Å². The Hall–Kier alpha value is -1.36. The Balaban J connectivity index is 2.61. The van der Waals surface area contributed by atoms with Crippen LogP contribution < -0.4 is 10.2 Å². The lowest BCUT2D eigenvalue weighted by Crippen LogP contribution is -2.69. The number of anilines is 1. The summed E-state index contributed by atoms with van der Waals surface area (Å²) in [6, 6.07) is 5.29. The van der Waals surface area contributed by atoms with Crippen molar-refractivity contribution in [2.75, 3.05) is 4.90 Å². The van der Waals surface area contributed by atoms with E-state index in [0.717, 1.165) is 15.7 Å². The summed E-state index contributed by atoms with van der Waals surface area (Å²) in [4.78, 5) is 27.0. The second-order valence-corrected chi connectivity index (χ2v) is 7.32. The van der Waals surface area contributed by atoms with Gasteiger partial charge in [-0.15, -0.1) is 0 Å². The first kappa shape index (κ1) is 16.0. The zero-order chi connectivity index (χ0) is 15.9. The predicted octanol–water partition coefficient (Wildman–Crippen LogP) is 3.02. The molecule has 0 bridgehead atoms. The molecule has 1 aromatic carbocycles. The van der Waals surface area contributed by atoms with Gasteiger partial charge >= 0.3 is 0 Å². The average molecular weight is 353 g/mol. The van der Waals surface area contributed by atoms with Crippen molar-refractivity contribution in [2.24, 2.45) is 5.92 Å². The fraction of sp³-hybridized carbons (Fsp3) is 0.500. The Bertz CT molecular complexity index is 596. The number of nitrogens with one attached hydrogen (secondary N) is 1. The van der Waals surface area contributed by atoms with Crippen LogP contribution in [-0.2, 0) is 9.59 Å². The van der Waals surface area contributed by atoms with Gasteiger partial charge in [0.1, 0.15) is 11.6 Å². The Kier molecular flexibility index (Phi) is 4.15. The van der Waals surface area contributed by atoms with E-state index in [-0.39, 0.29) is 17.7 Å². The molecule has 2 rings (SSSR count). The fourth-order valence-electron chi connectivity index (χ4n) is 2.68. The molecule has 5 heteroatoms. The van der Waals surface area contributed by atoms with E-state index >= 15 is 0 Å². The Morgan fingerprint density at radius 3 is 2.48 bits per heavy atom. The summed E-state index contributed by atoms with van der Waals surface area (Å²) in [5.41, 5.74) is 0.871. The summed E-state index contributed by atoms with van der Waals surface area (Å²) in [5, 5.41) is 2.83. The SMILES string of the molecule is Cc1ccc(Br)cc1N1C(=O)C(C)(C)NC(=O)C1C(C)C. The molecule has 1 aliphatic heterocycles. The monoisotopic (exact) mass is 352 g/mol. The third-order valence-corrected chi connectivity index (χ3v) is 4.29. The molecule has 2 amide bonds. The van der Waals surface area contributed by atoms with Gasteiger partial charge in [0.05, 0.1) is 0 Å². The van der Waals surface area contributed by atoms with Gasteiger partial charge in [0.2, 0.25) is 5.91 Å². The minimum Gasteiger partial charge on any atom is -0.340 e. The van der Waals surface area contributed by atoms with E-state index in [2.05, 4.69) is 21.2 Å². The second kappa shape index (κ2) is 5.44. The van der Waals surface area contributed by atoms with Crippen LogP contribution >= 0.6 is 15.9 Å². The van der Waals surface area contributed by atoms with Crippen LogP contribution in [0.5, 0.6) is 0 Å². The van der Waals surface area contributed by atoms with E-state index in [1.807, 2.05) is 39.0 Å². The first-order valence-electron chi connectivity index (χ1n) is 7.07. The third kappa shape index (κ3) is 2.84. The molecule has 114 valence electrons. The van der Waals surface area contributed by atoms with Crippen LogP contribution in [0.25, 0.3) is 0 Å². The third-order valence-electron chi connectivity index (χ3n) is 3.80. The summed E-state index contributed by atoms with van der Waals surface area (Å²) in [6.07, 6.45) is 0. The molecule has 1 aromatic rings. The van der Waals surface area contributed by atoms with Crippen LogP contribution in [0.3, 0.4) is 0 Å². The van der Waals surface area contributed by atoms with E-state index in [9.17, 15) is 9.59 Å². The summed E-state index contributed by atoms with van der Waals surface area (Å²) in [7, 11) is 0. The number of hydrogen-bond acceptors (Lipinski definition) is 2. The number of hydrogen-bond donors (Lipinski definition) is 1. The quantitative estimate of drug-likeness (QED) is 0.889. The average Bonchev–Trinajstić information content (AvgIpc) is 2.35. The molecular formula is C16H21BrN2O2. The van der Waals surface area contributed by atoms with Gasteiger partial charge in [0.25, 0.3) is 5.91 Å². The second-order valence-electron chi connectivity index (χ2n) is 6.41. The minimum atomic E-state index is -0.892. The van der Waals surface area contributed by atoms with Crippen LogP contribution in [0.2, 0.25) is 0 Å². The summed E-state index contributed by atoms with van der Waals surface area (Å²) in [6.45, 7) is 9.34. The summed E-state index contributed by atoms with van der Waals surface area (Å²) >= 11 is 3.44. The van der Waals surface area contributed by atoms with E-state index in [4.69, 9.17) is 0 Å². The molecule has 1 atom stereocenters.